The maximum atomic E-state index is 13.3. The number of nitrogens with zero attached hydrogens (tertiary/aromatic N) is 3. The number of rotatable bonds is 4. The van der Waals surface area contributed by atoms with E-state index in [4.69, 9.17) is 31.2 Å². The minimum Gasteiger partial charge on any atom is -0.444 e. The molecule has 1 saturated heterocycles. The number of ether oxygens (including phenoxy) is 2. The number of carbonyl (C=O) groups excluding carboxylic acids is 4. The van der Waals surface area contributed by atoms with Crippen molar-refractivity contribution >= 4 is 52.7 Å². The summed E-state index contributed by atoms with van der Waals surface area (Å²) in [6.07, 6.45) is -1.79. The Balaban J connectivity index is 1.89. The van der Waals surface area contributed by atoms with Gasteiger partial charge in [0.05, 0.1) is 12.6 Å². The van der Waals surface area contributed by atoms with Crippen LogP contribution >= 0.6 is 11.6 Å². The number of nitrogens with one attached hydrogen (secondary N) is 1. The molecule has 37 heavy (non-hydrogen) atoms. The molecule has 1 aliphatic heterocycles. The molecule has 13 heteroatoms. The highest BCUT2D eigenvalue weighted by Crippen LogP contribution is 2.28. The van der Waals surface area contributed by atoms with Crippen LogP contribution in [-0.4, -0.2) is 75.2 Å². The zero-order chi connectivity index (χ0) is 27.7. The van der Waals surface area contributed by atoms with Gasteiger partial charge >= 0.3 is 18.2 Å². The molecule has 4 amide bonds. The van der Waals surface area contributed by atoms with Crippen LogP contribution in [0.15, 0.2) is 22.6 Å². The van der Waals surface area contributed by atoms with Crippen LogP contribution in [0, 0.1) is 0 Å². The first-order chi connectivity index (χ1) is 17.1. The quantitative estimate of drug-likeness (QED) is 0.595. The third-order valence-electron chi connectivity index (χ3n) is 5.19. The molecule has 0 saturated carbocycles. The number of nitrogens with two attached hydrogens (primary N) is 1. The first-order valence-corrected chi connectivity index (χ1v) is 12.1. The van der Waals surface area contributed by atoms with Crippen LogP contribution in [0.25, 0.3) is 11.1 Å². The van der Waals surface area contributed by atoms with Crippen molar-refractivity contribution in [3.05, 3.63) is 23.2 Å². The summed E-state index contributed by atoms with van der Waals surface area (Å²) in [5.74, 6) is -1.35. The lowest BCUT2D eigenvalue weighted by molar-refractivity contribution is -0.131. The zero-order valence-corrected chi connectivity index (χ0v) is 22.4. The summed E-state index contributed by atoms with van der Waals surface area (Å²) in [5, 5.41) is 3.00. The molecule has 3 rings (SSSR count). The number of hydrogen-bond donors (Lipinski definition) is 2. The van der Waals surface area contributed by atoms with Crippen molar-refractivity contribution < 1.29 is 33.1 Å². The summed E-state index contributed by atoms with van der Waals surface area (Å²) >= 11 is 5.99. The normalized spacial score (nSPS) is 18.0. The van der Waals surface area contributed by atoms with E-state index < -0.39 is 53.8 Å². The lowest BCUT2D eigenvalue weighted by Crippen LogP contribution is -2.50. The zero-order valence-electron chi connectivity index (χ0n) is 21.7. The largest absolute Gasteiger partial charge is 0.444 e. The first kappa shape index (κ1) is 28.2. The number of aromatic nitrogens is 1. The predicted molar refractivity (Wildman–Crippen MR) is 135 cm³/mol. The molecule has 12 nitrogen and oxygen atoms in total. The second-order valence-electron chi connectivity index (χ2n) is 10.6. The van der Waals surface area contributed by atoms with Crippen LogP contribution in [0.4, 0.5) is 15.6 Å². The maximum absolute atomic E-state index is 13.3. The number of imide groups is 1. The van der Waals surface area contributed by atoms with E-state index in [1.165, 1.54) is 0 Å². The van der Waals surface area contributed by atoms with E-state index in [0.717, 1.165) is 9.80 Å². The summed E-state index contributed by atoms with van der Waals surface area (Å²) in [5.41, 5.74) is 4.64. The van der Waals surface area contributed by atoms with E-state index in [2.05, 4.69) is 10.3 Å². The molecule has 0 aliphatic carbocycles. The van der Waals surface area contributed by atoms with Gasteiger partial charge in [0.2, 0.25) is 5.91 Å². The molecular weight excluding hydrogens is 506 g/mol. The number of fused-ring (bicyclic) bond motifs is 1. The van der Waals surface area contributed by atoms with E-state index in [0.29, 0.717) is 16.1 Å². The van der Waals surface area contributed by atoms with Crippen LogP contribution in [0.5, 0.6) is 0 Å². The van der Waals surface area contributed by atoms with Gasteiger partial charge < -0.3 is 19.6 Å². The highest BCUT2D eigenvalue weighted by Gasteiger charge is 2.47. The first-order valence-electron chi connectivity index (χ1n) is 11.7. The summed E-state index contributed by atoms with van der Waals surface area (Å²) < 4.78 is 16.4. The smallest absolute Gasteiger partial charge is 0.417 e. The fourth-order valence-electron chi connectivity index (χ4n) is 3.78. The van der Waals surface area contributed by atoms with Crippen LogP contribution < -0.4 is 11.1 Å². The molecule has 1 aromatic carbocycles. The number of carbonyl (C=O) groups is 4. The summed E-state index contributed by atoms with van der Waals surface area (Å²) in [6.45, 7) is 9.38. The summed E-state index contributed by atoms with van der Waals surface area (Å²) in [6, 6.07) is 2.69. The number of amides is 4. The summed E-state index contributed by atoms with van der Waals surface area (Å²) in [4.78, 5) is 58.1. The number of likely N-dealkylation sites (tertiary alicyclic amines) is 1. The van der Waals surface area contributed by atoms with Crippen molar-refractivity contribution in [3.63, 3.8) is 0 Å². The Morgan fingerprint density at radius 2 is 1.81 bits per heavy atom. The van der Waals surface area contributed by atoms with Gasteiger partial charge in [0.25, 0.3) is 5.91 Å². The Morgan fingerprint density at radius 1 is 1.16 bits per heavy atom. The molecule has 1 aliphatic rings. The van der Waals surface area contributed by atoms with Crippen molar-refractivity contribution in [2.45, 2.75) is 71.2 Å². The van der Waals surface area contributed by atoms with Crippen molar-refractivity contribution in [3.8, 4) is 0 Å². The second-order valence-corrected chi connectivity index (χ2v) is 11.0. The van der Waals surface area contributed by atoms with E-state index >= 15 is 0 Å². The highest BCUT2D eigenvalue weighted by atomic mass is 35.5. The molecular formula is C24H32ClN5O7. The fraction of sp³-hybridized carbons (Fsp3) is 0.542. The van der Waals surface area contributed by atoms with Crippen LogP contribution in [0.3, 0.4) is 0 Å². The molecule has 202 valence electrons. The monoisotopic (exact) mass is 537 g/mol. The lowest BCUT2D eigenvalue weighted by Gasteiger charge is -2.30. The molecule has 0 spiro atoms. The van der Waals surface area contributed by atoms with E-state index in [9.17, 15) is 19.2 Å². The van der Waals surface area contributed by atoms with Gasteiger partial charge in [0, 0.05) is 11.6 Å². The topological polar surface area (TPSA) is 157 Å². The van der Waals surface area contributed by atoms with Gasteiger partial charge in [0.15, 0.2) is 5.58 Å². The Labute approximate surface area is 219 Å². The molecule has 2 atom stereocenters. The van der Waals surface area contributed by atoms with Crippen molar-refractivity contribution in [2.24, 2.45) is 5.73 Å². The van der Waals surface area contributed by atoms with Crippen LogP contribution in [0.2, 0.25) is 5.02 Å². The Bertz CT molecular complexity index is 1200. The average Bonchev–Trinajstić information content (AvgIpc) is 3.35. The molecule has 0 unspecified atom stereocenters. The average molecular weight is 538 g/mol. The third-order valence-corrected chi connectivity index (χ3v) is 5.42. The van der Waals surface area contributed by atoms with Gasteiger partial charge in [-0.15, -0.1) is 0 Å². The van der Waals surface area contributed by atoms with Gasteiger partial charge in [-0.25, -0.2) is 14.5 Å². The number of hydrogen-bond acceptors (Lipinski definition) is 9. The van der Waals surface area contributed by atoms with Gasteiger partial charge in [-0.2, -0.15) is 4.98 Å². The molecule has 1 fully saturated rings. The molecule has 0 bridgehead atoms. The SMILES string of the molecule is CC(C)(C)OC(=O)N1C[C@H](N(C(=O)CN)C(=O)OC(C)(C)C)C[C@H]1C(=O)Nc1nc2cc(Cl)ccc2o1. The molecule has 1 aromatic heterocycles. The van der Waals surface area contributed by atoms with Gasteiger partial charge in [-0.05, 0) is 66.2 Å². The minimum atomic E-state index is -1.12. The standard InChI is InChI=1S/C24H32ClN5O7/c1-23(2,3)36-21(33)29-12-14(30(18(31)11-26)22(34)37-24(4,5)6)10-16(29)19(32)28-20-27-15-9-13(25)7-8-17(15)35-20/h7-9,14,16H,10-12,26H2,1-6H3,(H,27,28,32)/t14-,16+/m1/s1. The molecule has 0 radical (unpaired) electrons. The number of oxazole rings is 1. The van der Waals surface area contributed by atoms with E-state index in [1.54, 1.807) is 59.7 Å². The highest BCUT2D eigenvalue weighted by molar-refractivity contribution is 6.31. The molecule has 3 N–H and O–H groups in total. The number of halogens is 1. The van der Waals surface area contributed by atoms with Crippen molar-refractivity contribution in [2.75, 3.05) is 18.4 Å². The number of anilines is 1. The van der Waals surface area contributed by atoms with E-state index in [1.807, 2.05) is 0 Å². The Kier molecular flexibility index (Phi) is 8.03. The van der Waals surface area contributed by atoms with Gasteiger partial charge in [-0.3, -0.25) is 19.8 Å². The second kappa shape index (κ2) is 10.5. The van der Waals surface area contributed by atoms with Crippen molar-refractivity contribution in [1.29, 1.82) is 0 Å². The van der Waals surface area contributed by atoms with Crippen LogP contribution in [-0.2, 0) is 19.1 Å². The minimum absolute atomic E-state index is 0.0812. The summed E-state index contributed by atoms with van der Waals surface area (Å²) in [7, 11) is 0. The molecule has 2 heterocycles. The van der Waals surface area contributed by atoms with Crippen molar-refractivity contribution in [1.82, 2.24) is 14.8 Å². The maximum Gasteiger partial charge on any atom is 0.417 e. The van der Waals surface area contributed by atoms with Gasteiger partial charge in [-0.1, -0.05) is 11.6 Å². The Hall–Kier alpha value is -3.38. The lowest BCUT2D eigenvalue weighted by atomic mass is 10.1. The molecule has 2 aromatic rings. The fourth-order valence-corrected chi connectivity index (χ4v) is 3.94. The third kappa shape index (κ3) is 7.10. The Morgan fingerprint density at radius 3 is 2.41 bits per heavy atom. The van der Waals surface area contributed by atoms with Gasteiger partial charge in [0.1, 0.15) is 22.8 Å². The van der Waals surface area contributed by atoms with E-state index in [-0.39, 0.29) is 19.0 Å². The number of benzene rings is 1. The predicted octanol–water partition coefficient (Wildman–Crippen LogP) is 3.52. The van der Waals surface area contributed by atoms with Crippen LogP contribution in [0.1, 0.15) is 48.0 Å².